The molecular formula is C14H17BN3OS. The molecule has 1 amide bonds. The number of hydrogen-bond acceptors (Lipinski definition) is 4. The molecule has 0 spiro atoms. The van der Waals surface area contributed by atoms with Crippen LogP contribution in [0.25, 0.3) is 11.3 Å². The first kappa shape index (κ1) is 14.7. The molecule has 3 N–H and O–H groups in total. The zero-order valence-corrected chi connectivity index (χ0v) is 12.2. The summed E-state index contributed by atoms with van der Waals surface area (Å²) in [5.74, 6) is -0.226. The fourth-order valence-corrected chi connectivity index (χ4v) is 2.51. The van der Waals surface area contributed by atoms with Crippen LogP contribution in [0, 0.1) is 0 Å². The van der Waals surface area contributed by atoms with Crippen molar-refractivity contribution in [2.75, 3.05) is 11.9 Å². The largest absolute Gasteiger partial charge is 0.322 e. The minimum absolute atomic E-state index is 0.0314. The van der Waals surface area contributed by atoms with Crippen molar-refractivity contribution in [2.45, 2.75) is 19.7 Å². The lowest BCUT2D eigenvalue weighted by atomic mass is 9.66. The molecule has 0 aliphatic carbocycles. The molecule has 1 heterocycles. The number of nitrogens with zero attached hydrogens (tertiary/aromatic N) is 1. The predicted molar refractivity (Wildman–Crippen MR) is 85.7 cm³/mol. The highest BCUT2D eigenvalue weighted by Gasteiger charge is 2.07. The zero-order valence-electron chi connectivity index (χ0n) is 11.4. The Labute approximate surface area is 123 Å². The highest BCUT2D eigenvalue weighted by Crippen LogP contribution is 2.24. The van der Waals surface area contributed by atoms with Gasteiger partial charge in [-0.05, 0) is 0 Å². The second-order valence-corrected chi connectivity index (χ2v) is 5.27. The molecular weight excluding hydrogens is 269 g/mol. The first-order valence-corrected chi connectivity index (χ1v) is 7.50. The molecule has 0 fully saturated rings. The number of benzene rings is 1. The van der Waals surface area contributed by atoms with Crippen molar-refractivity contribution in [2.24, 2.45) is 5.73 Å². The standard InChI is InChI=1S/C14H17BN3OS/c1-2-6-15-11-5-3-4-10(7-11)12-9-20-14(17-12)18-13(19)8-16/h3-5,7,9H,2,6,8,16H2,1H3,(H,17,18,19). The maximum Gasteiger partial charge on any atom is 0.239 e. The molecule has 2 aromatic rings. The van der Waals surface area contributed by atoms with Crippen LogP contribution < -0.4 is 16.5 Å². The molecule has 0 saturated carbocycles. The maximum absolute atomic E-state index is 11.2. The van der Waals surface area contributed by atoms with E-state index in [1.807, 2.05) is 17.5 Å². The molecule has 0 bridgehead atoms. The van der Waals surface area contributed by atoms with Crippen LogP contribution in [0.2, 0.25) is 6.32 Å². The van der Waals surface area contributed by atoms with E-state index in [0.717, 1.165) is 24.0 Å². The summed E-state index contributed by atoms with van der Waals surface area (Å²) in [7, 11) is 2.22. The minimum atomic E-state index is -0.226. The average Bonchev–Trinajstić information content (AvgIpc) is 2.93. The van der Waals surface area contributed by atoms with Gasteiger partial charge >= 0.3 is 0 Å². The molecule has 0 saturated heterocycles. The Morgan fingerprint density at radius 1 is 1.50 bits per heavy atom. The van der Waals surface area contributed by atoms with Crippen LogP contribution in [0.3, 0.4) is 0 Å². The highest BCUT2D eigenvalue weighted by molar-refractivity contribution is 7.14. The SMILES string of the molecule is CCC[B]c1cccc(-c2csc(NC(=O)CN)n2)c1. The van der Waals surface area contributed by atoms with Gasteiger partial charge in [-0.15, -0.1) is 11.3 Å². The molecule has 20 heavy (non-hydrogen) atoms. The number of carbonyl (C=O) groups excluding carboxylic acids is 1. The van der Waals surface area contributed by atoms with Crippen LogP contribution in [0.15, 0.2) is 29.6 Å². The van der Waals surface area contributed by atoms with Gasteiger partial charge in [-0.1, -0.05) is 49.4 Å². The molecule has 6 heteroatoms. The van der Waals surface area contributed by atoms with Gasteiger partial charge in [0.15, 0.2) is 12.4 Å². The van der Waals surface area contributed by atoms with Gasteiger partial charge in [0, 0.05) is 10.9 Å². The Hall–Kier alpha value is -1.66. The smallest absolute Gasteiger partial charge is 0.239 e. The summed E-state index contributed by atoms with van der Waals surface area (Å²) in [4.78, 5) is 15.6. The lowest BCUT2D eigenvalue weighted by molar-refractivity contribution is -0.114. The summed E-state index contributed by atoms with van der Waals surface area (Å²) in [6.07, 6.45) is 2.20. The summed E-state index contributed by atoms with van der Waals surface area (Å²) in [6, 6.07) is 8.24. The van der Waals surface area contributed by atoms with E-state index in [2.05, 4.69) is 36.6 Å². The fraction of sp³-hybridized carbons (Fsp3) is 0.286. The minimum Gasteiger partial charge on any atom is -0.322 e. The van der Waals surface area contributed by atoms with E-state index in [-0.39, 0.29) is 12.5 Å². The topological polar surface area (TPSA) is 68.0 Å². The molecule has 0 unspecified atom stereocenters. The van der Waals surface area contributed by atoms with Crippen LogP contribution in [0.1, 0.15) is 13.3 Å². The van der Waals surface area contributed by atoms with E-state index in [0.29, 0.717) is 5.13 Å². The number of nitrogens with one attached hydrogen (secondary N) is 1. The van der Waals surface area contributed by atoms with Crippen molar-refractivity contribution in [3.63, 3.8) is 0 Å². The van der Waals surface area contributed by atoms with Gasteiger partial charge in [-0.25, -0.2) is 4.98 Å². The van der Waals surface area contributed by atoms with Gasteiger partial charge in [-0.3, -0.25) is 4.79 Å². The number of rotatable bonds is 6. The Morgan fingerprint density at radius 3 is 3.10 bits per heavy atom. The number of thiazole rings is 1. The van der Waals surface area contributed by atoms with Crippen molar-refractivity contribution in [1.82, 2.24) is 4.98 Å². The molecule has 2 rings (SSSR count). The highest BCUT2D eigenvalue weighted by atomic mass is 32.1. The first-order valence-electron chi connectivity index (χ1n) is 6.62. The van der Waals surface area contributed by atoms with E-state index in [1.165, 1.54) is 16.8 Å². The van der Waals surface area contributed by atoms with Crippen molar-refractivity contribution in [3.05, 3.63) is 29.6 Å². The Kier molecular flexibility index (Phi) is 5.32. The monoisotopic (exact) mass is 286 g/mol. The second-order valence-electron chi connectivity index (χ2n) is 4.41. The molecule has 103 valence electrons. The van der Waals surface area contributed by atoms with Gasteiger partial charge in [0.25, 0.3) is 0 Å². The van der Waals surface area contributed by atoms with Crippen LogP contribution in [0.4, 0.5) is 5.13 Å². The molecule has 0 atom stereocenters. The van der Waals surface area contributed by atoms with E-state index >= 15 is 0 Å². The third-order valence-electron chi connectivity index (χ3n) is 2.79. The number of carbonyl (C=O) groups is 1. The average molecular weight is 286 g/mol. The number of amides is 1. The molecule has 0 aliphatic heterocycles. The number of anilines is 1. The Bertz CT molecular complexity index is 585. The molecule has 4 nitrogen and oxygen atoms in total. The molecule has 0 aliphatic rings. The van der Waals surface area contributed by atoms with Gasteiger partial charge in [0.05, 0.1) is 12.2 Å². The van der Waals surface area contributed by atoms with Crippen molar-refractivity contribution in [3.8, 4) is 11.3 Å². The lowest BCUT2D eigenvalue weighted by Gasteiger charge is -2.02. The first-order chi connectivity index (χ1) is 9.72. The van der Waals surface area contributed by atoms with E-state index in [4.69, 9.17) is 5.73 Å². The van der Waals surface area contributed by atoms with Gasteiger partial charge in [0.1, 0.15) is 0 Å². The van der Waals surface area contributed by atoms with Crippen molar-refractivity contribution < 1.29 is 4.79 Å². The summed E-state index contributed by atoms with van der Waals surface area (Å²) >= 11 is 1.40. The lowest BCUT2D eigenvalue weighted by Crippen LogP contribution is -2.21. The number of hydrogen-bond donors (Lipinski definition) is 2. The van der Waals surface area contributed by atoms with Crippen LogP contribution in [-0.2, 0) is 4.79 Å². The van der Waals surface area contributed by atoms with Gasteiger partial charge < -0.3 is 11.1 Å². The van der Waals surface area contributed by atoms with E-state index in [9.17, 15) is 4.79 Å². The quantitative estimate of drug-likeness (QED) is 0.796. The molecule has 1 radical (unpaired) electrons. The molecule has 1 aromatic carbocycles. The normalized spacial score (nSPS) is 10.3. The summed E-state index contributed by atoms with van der Waals surface area (Å²) in [5.41, 5.74) is 8.39. The van der Waals surface area contributed by atoms with Crippen molar-refractivity contribution >= 4 is 35.1 Å². The summed E-state index contributed by atoms with van der Waals surface area (Å²) < 4.78 is 0. The maximum atomic E-state index is 11.2. The third kappa shape index (κ3) is 3.92. The van der Waals surface area contributed by atoms with Crippen molar-refractivity contribution in [1.29, 1.82) is 0 Å². The van der Waals surface area contributed by atoms with Crippen LogP contribution in [0.5, 0.6) is 0 Å². The summed E-state index contributed by atoms with van der Waals surface area (Å²) in [6.45, 7) is 2.13. The Morgan fingerprint density at radius 2 is 2.35 bits per heavy atom. The fourth-order valence-electron chi connectivity index (χ4n) is 1.77. The van der Waals surface area contributed by atoms with E-state index in [1.54, 1.807) is 0 Å². The number of nitrogens with two attached hydrogens (primary N) is 1. The zero-order chi connectivity index (χ0) is 14.4. The van der Waals surface area contributed by atoms with E-state index < -0.39 is 0 Å². The predicted octanol–water partition coefficient (Wildman–Crippen LogP) is 1.87. The second kappa shape index (κ2) is 7.21. The van der Waals surface area contributed by atoms with Crippen LogP contribution >= 0.6 is 11.3 Å². The Balaban J connectivity index is 2.13. The molecule has 1 aromatic heterocycles. The van der Waals surface area contributed by atoms with Crippen LogP contribution in [-0.4, -0.2) is 24.7 Å². The van der Waals surface area contributed by atoms with Gasteiger partial charge in [0.2, 0.25) is 5.91 Å². The number of aromatic nitrogens is 1. The summed E-state index contributed by atoms with van der Waals surface area (Å²) in [5, 5.41) is 5.18. The third-order valence-corrected chi connectivity index (χ3v) is 3.54. The van der Waals surface area contributed by atoms with Gasteiger partial charge in [-0.2, -0.15) is 0 Å².